The van der Waals surface area contributed by atoms with Crippen LogP contribution in [0.2, 0.25) is 0 Å². The molecule has 2 aromatic heterocycles. The number of carbonyl (C=O) groups is 1. The Morgan fingerprint density at radius 3 is 2.69 bits per heavy atom. The number of aromatic amines is 1. The molecular weight excluding hydrogens is 324 g/mol. The first-order valence-electron chi connectivity index (χ1n) is 8.90. The van der Waals surface area contributed by atoms with Gasteiger partial charge < -0.3 is 5.32 Å². The van der Waals surface area contributed by atoms with Crippen molar-refractivity contribution in [3.05, 3.63) is 82.4 Å². The van der Waals surface area contributed by atoms with E-state index in [-0.39, 0.29) is 11.9 Å². The number of aryl methyl sites for hydroxylation is 3. The molecule has 0 saturated carbocycles. The topological polar surface area (TPSA) is 70.7 Å². The van der Waals surface area contributed by atoms with Gasteiger partial charge in [0.2, 0.25) is 0 Å². The Morgan fingerprint density at radius 2 is 2.00 bits per heavy atom. The Labute approximate surface area is 153 Å². The van der Waals surface area contributed by atoms with Crippen LogP contribution in [0.4, 0.5) is 0 Å². The van der Waals surface area contributed by atoms with Crippen molar-refractivity contribution >= 4 is 5.91 Å². The predicted molar refractivity (Wildman–Crippen MR) is 102 cm³/mol. The molecular formula is C21H24N4O. The molecule has 0 bridgehead atoms. The van der Waals surface area contributed by atoms with E-state index in [1.165, 1.54) is 11.1 Å². The van der Waals surface area contributed by atoms with Gasteiger partial charge in [0.05, 0.1) is 6.04 Å². The highest BCUT2D eigenvalue weighted by Crippen LogP contribution is 2.24. The lowest BCUT2D eigenvalue weighted by molar-refractivity contribution is 0.0938. The maximum absolute atomic E-state index is 12.8. The smallest absolute Gasteiger partial charge is 0.272 e. The Bertz CT molecular complexity index is 886. The van der Waals surface area contributed by atoms with Gasteiger partial charge in [-0.2, -0.15) is 5.10 Å². The van der Waals surface area contributed by atoms with Crippen molar-refractivity contribution in [2.75, 3.05) is 0 Å². The van der Waals surface area contributed by atoms with Crippen LogP contribution >= 0.6 is 0 Å². The SMILES string of the molecule is CCCc1cc(C(=O)N[C@@H](c2cccnc2)c2ccc(C)c(C)c2)n[nH]1. The van der Waals surface area contributed by atoms with Crippen molar-refractivity contribution in [2.24, 2.45) is 0 Å². The number of H-pyrrole nitrogens is 1. The lowest BCUT2D eigenvalue weighted by Gasteiger charge is -2.20. The Morgan fingerprint density at radius 1 is 1.15 bits per heavy atom. The minimum absolute atomic E-state index is 0.198. The van der Waals surface area contributed by atoms with Crippen LogP contribution in [-0.2, 0) is 6.42 Å². The average Bonchev–Trinajstić information content (AvgIpc) is 3.12. The number of rotatable bonds is 6. The van der Waals surface area contributed by atoms with Crippen molar-refractivity contribution in [3.63, 3.8) is 0 Å². The third-order valence-electron chi connectivity index (χ3n) is 4.54. The van der Waals surface area contributed by atoms with Crippen LogP contribution in [-0.4, -0.2) is 21.1 Å². The molecule has 2 heterocycles. The first kappa shape index (κ1) is 17.9. The van der Waals surface area contributed by atoms with Crippen LogP contribution in [0.25, 0.3) is 0 Å². The van der Waals surface area contributed by atoms with Crippen molar-refractivity contribution < 1.29 is 4.79 Å². The van der Waals surface area contributed by atoms with Gasteiger partial charge in [-0.25, -0.2) is 0 Å². The summed E-state index contributed by atoms with van der Waals surface area (Å²) in [6, 6.07) is 11.6. The second-order valence-corrected chi connectivity index (χ2v) is 6.56. The molecule has 0 saturated heterocycles. The lowest BCUT2D eigenvalue weighted by atomic mass is 9.96. The van der Waals surface area contributed by atoms with E-state index in [9.17, 15) is 4.79 Å². The Balaban J connectivity index is 1.90. The summed E-state index contributed by atoms with van der Waals surface area (Å²) in [4.78, 5) is 17.0. The third kappa shape index (κ3) is 3.99. The quantitative estimate of drug-likeness (QED) is 0.710. The molecule has 2 N–H and O–H groups in total. The highest BCUT2D eigenvalue weighted by molar-refractivity contribution is 5.92. The fourth-order valence-electron chi connectivity index (χ4n) is 2.93. The van der Waals surface area contributed by atoms with E-state index < -0.39 is 0 Å². The summed E-state index contributed by atoms with van der Waals surface area (Å²) >= 11 is 0. The molecule has 26 heavy (non-hydrogen) atoms. The van der Waals surface area contributed by atoms with Crippen LogP contribution in [0.5, 0.6) is 0 Å². The number of nitrogens with one attached hydrogen (secondary N) is 2. The first-order chi connectivity index (χ1) is 12.6. The molecule has 134 valence electrons. The zero-order valence-electron chi connectivity index (χ0n) is 15.4. The number of pyridine rings is 1. The summed E-state index contributed by atoms with van der Waals surface area (Å²) in [6.45, 7) is 6.25. The molecule has 0 spiro atoms. The molecule has 5 nitrogen and oxygen atoms in total. The number of aromatic nitrogens is 3. The van der Waals surface area contributed by atoms with Gasteiger partial charge in [-0.3, -0.25) is 14.9 Å². The average molecular weight is 348 g/mol. The molecule has 1 amide bonds. The van der Waals surface area contributed by atoms with Crippen molar-refractivity contribution in [2.45, 2.75) is 39.7 Å². The Kier molecular flexibility index (Phi) is 5.46. The van der Waals surface area contributed by atoms with Crippen molar-refractivity contribution in [3.8, 4) is 0 Å². The van der Waals surface area contributed by atoms with E-state index in [4.69, 9.17) is 0 Å². The largest absolute Gasteiger partial charge is 0.340 e. The minimum atomic E-state index is -0.276. The molecule has 3 aromatic rings. The number of hydrogen-bond donors (Lipinski definition) is 2. The van der Waals surface area contributed by atoms with E-state index in [1.807, 2.05) is 24.3 Å². The lowest BCUT2D eigenvalue weighted by Crippen LogP contribution is -2.29. The van der Waals surface area contributed by atoms with Gasteiger partial charge in [0.15, 0.2) is 0 Å². The number of amides is 1. The van der Waals surface area contributed by atoms with Gasteiger partial charge >= 0.3 is 0 Å². The van der Waals surface area contributed by atoms with Crippen molar-refractivity contribution in [1.82, 2.24) is 20.5 Å². The van der Waals surface area contributed by atoms with E-state index in [1.54, 1.807) is 12.4 Å². The van der Waals surface area contributed by atoms with Crippen LogP contribution in [0, 0.1) is 13.8 Å². The second kappa shape index (κ2) is 7.95. The van der Waals surface area contributed by atoms with E-state index in [0.29, 0.717) is 5.69 Å². The first-order valence-corrected chi connectivity index (χ1v) is 8.90. The maximum atomic E-state index is 12.8. The van der Waals surface area contributed by atoms with Crippen molar-refractivity contribution in [1.29, 1.82) is 0 Å². The normalized spacial score (nSPS) is 12.0. The predicted octanol–water partition coefficient (Wildman–Crippen LogP) is 3.89. The number of carbonyl (C=O) groups excluding carboxylic acids is 1. The number of nitrogens with zero attached hydrogens (tertiary/aromatic N) is 2. The van der Waals surface area contributed by atoms with Gasteiger partial charge in [-0.1, -0.05) is 37.6 Å². The van der Waals surface area contributed by atoms with E-state index in [0.717, 1.165) is 29.7 Å². The van der Waals surface area contributed by atoms with Gasteiger partial charge in [-0.05, 0) is 54.7 Å². The van der Waals surface area contributed by atoms with Crippen LogP contribution < -0.4 is 5.32 Å². The number of benzene rings is 1. The molecule has 3 rings (SSSR count). The fourth-order valence-corrected chi connectivity index (χ4v) is 2.93. The van der Waals surface area contributed by atoms with Gasteiger partial charge in [0.25, 0.3) is 5.91 Å². The van der Waals surface area contributed by atoms with Crippen LogP contribution in [0.15, 0.2) is 48.8 Å². The second-order valence-electron chi connectivity index (χ2n) is 6.56. The summed E-state index contributed by atoms with van der Waals surface area (Å²) in [5.74, 6) is -0.198. The van der Waals surface area contributed by atoms with Gasteiger partial charge in [0.1, 0.15) is 5.69 Å². The highest BCUT2D eigenvalue weighted by Gasteiger charge is 2.20. The molecule has 0 fully saturated rings. The fraction of sp³-hybridized carbons (Fsp3) is 0.286. The summed E-state index contributed by atoms with van der Waals surface area (Å²) in [6.07, 6.45) is 5.40. The molecule has 0 radical (unpaired) electrons. The molecule has 0 aliphatic rings. The Hall–Kier alpha value is -2.95. The molecule has 0 unspecified atom stereocenters. The summed E-state index contributed by atoms with van der Waals surface area (Å²) in [5, 5.41) is 10.2. The molecule has 0 aliphatic carbocycles. The molecule has 1 aromatic carbocycles. The molecule has 0 aliphatic heterocycles. The van der Waals surface area contributed by atoms with E-state index in [2.05, 4.69) is 53.4 Å². The zero-order chi connectivity index (χ0) is 18.5. The van der Waals surface area contributed by atoms with E-state index >= 15 is 0 Å². The van der Waals surface area contributed by atoms with Gasteiger partial charge in [0, 0.05) is 18.1 Å². The molecule has 1 atom stereocenters. The summed E-state index contributed by atoms with van der Waals surface area (Å²) < 4.78 is 0. The third-order valence-corrected chi connectivity index (χ3v) is 4.54. The standard InChI is InChI=1S/C21H24N4O/c1-4-6-18-12-19(25-24-18)21(26)23-20(17-7-5-10-22-13-17)16-9-8-14(2)15(3)11-16/h5,7-13,20H,4,6H2,1-3H3,(H,23,26)(H,24,25)/t20-/m1/s1. The monoisotopic (exact) mass is 348 g/mol. The summed E-state index contributed by atoms with van der Waals surface area (Å²) in [7, 11) is 0. The highest BCUT2D eigenvalue weighted by atomic mass is 16.2. The van der Waals surface area contributed by atoms with Gasteiger partial charge in [-0.15, -0.1) is 0 Å². The minimum Gasteiger partial charge on any atom is -0.340 e. The molecule has 5 heteroatoms. The summed E-state index contributed by atoms with van der Waals surface area (Å²) in [5.41, 5.74) is 5.76. The van der Waals surface area contributed by atoms with Crippen LogP contribution in [0.3, 0.4) is 0 Å². The zero-order valence-corrected chi connectivity index (χ0v) is 15.4. The van der Waals surface area contributed by atoms with Crippen LogP contribution in [0.1, 0.15) is 57.8 Å². The maximum Gasteiger partial charge on any atom is 0.272 e. The number of hydrogen-bond acceptors (Lipinski definition) is 3.